The van der Waals surface area contributed by atoms with Gasteiger partial charge in [0, 0.05) is 18.8 Å². The molecule has 1 aliphatic rings. The Bertz CT molecular complexity index is 336. The van der Waals surface area contributed by atoms with E-state index in [4.69, 9.17) is 4.42 Å². The van der Waals surface area contributed by atoms with Gasteiger partial charge in [-0.2, -0.15) is 11.8 Å². The zero-order chi connectivity index (χ0) is 12.1. The maximum absolute atomic E-state index is 5.72. The normalized spacial score (nSPS) is 19.1. The van der Waals surface area contributed by atoms with Crippen LogP contribution in [0.1, 0.15) is 32.2 Å². The summed E-state index contributed by atoms with van der Waals surface area (Å²) in [6.07, 6.45) is 1.19. The molecule has 0 aliphatic carbocycles. The number of hydrogen-bond acceptors (Lipinski definition) is 6. The Morgan fingerprint density at radius 2 is 2.29 bits per heavy atom. The second-order valence-electron chi connectivity index (χ2n) is 4.16. The molecule has 0 amide bonds. The smallest absolute Gasteiger partial charge is 0.318 e. The summed E-state index contributed by atoms with van der Waals surface area (Å²) in [6.45, 7) is 7.03. The number of aromatic nitrogens is 2. The van der Waals surface area contributed by atoms with Gasteiger partial charge >= 0.3 is 6.01 Å². The average Bonchev–Trinajstić information content (AvgIpc) is 2.66. The van der Waals surface area contributed by atoms with Gasteiger partial charge in [-0.25, -0.2) is 0 Å². The van der Waals surface area contributed by atoms with Crippen molar-refractivity contribution in [3.63, 3.8) is 0 Å². The predicted octanol–water partition coefficient (Wildman–Crippen LogP) is 1.68. The van der Waals surface area contributed by atoms with E-state index >= 15 is 0 Å². The Balaban J connectivity index is 2.01. The minimum Gasteiger partial charge on any atom is -0.406 e. The molecule has 1 aliphatic heterocycles. The summed E-state index contributed by atoms with van der Waals surface area (Å²) in [5.74, 6) is 3.05. The van der Waals surface area contributed by atoms with Gasteiger partial charge in [0.2, 0.25) is 5.89 Å². The van der Waals surface area contributed by atoms with Crippen LogP contribution in [0.2, 0.25) is 0 Å². The quantitative estimate of drug-likeness (QED) is 0.884. The van der Waals surface area contributed by atoms with Crippen LogP contribution in [0.25, 0.3) is 0 Å². The van der Waals surface area contributed by atoms with E-state index in [2.05, 4.69) is 27.3 Å². The molecule has 1 atom stereocenters. The molecule has 6 heteroatoms. The predicted molar refractivity (Wildman–Crippen MR) is 70.5 cm³/mol. The first-order valence-corrected chi connectivity index (χ1v) is 7.36. The van der Waals surface area contributed by atoms with Crippen molar-refractivity contribution in [2.75, 3.05) is 36.0 Å². The largest absolute Gasteiger partial charge is 0.406 e. The lowest BCUT2D eigenvalue weighted by molar-refractivity contribution is 0.419. The first kappa shape index (κ1) is 12.7. The standard InChI is InChI=1S/C11H20N4OS/c1-3-12-9(2)10-13-14-11(16-10)15-5-4-7-17-8-6-15/h9,12H,3-8H2,1-2H3. The van der Waals surface area contributed by atoms with E-state index in [1.807, 2.05) is 18.7 Å². The molecule has 1 aromatic heterocycles. The van der Waals surface area contributed by atoms with Gasteiger partial charge < -0.3 is 14.6 Å². The van der Waals surface area contributed by atoms with Crippen LogP contribution in [0, 0.1) is 0 Å². The first-order valence-electron chi connectivity index (χ1n) is 6.20. The van der Waals surface area contributed by atoms with Gasteiger partial charge in [0.1, 0.15) is 0 Å². The molecule has 96 valence electrons. The van der Waals surface area contributed by atoms with Gasteiger partial charge in [-0.05, 0) is 25.6 Å². The number of anilines is 1. The second-order valence-corrected chi connectivity index (χ2v) is 5.38. The van der Waals surface area contributed by atoms with Crippen LogP contribution in [0.4, 0.5) is 6.01 Å². The number of nitrogens with zero attached hydrogens (tertiary/aromatic N) is 3. The van der Waals surface area contributed by atoms with E-state index in [1.165, 1.54) is 12.2 Å². The fraction of sp³-hybridized carbons (Fsp3) is 0.818. The number of nitrogens with one attached hydrogen (secondary N) is 1. The molecule has 0 spiro atoms. The van der Waals surface area contributed by atoms with Gasteiger partial charge in [-0.1, -0.05) is 12.0 Å². The van der Waals surface area contributed by atoms with Crippen molar-refractivity contribution < 1.29 is 4.42 Å². The molecule has 1 N–H and O–H groups in total. The third-order valence-corrected chi connectivity index (χ3v) is 3.85. The summed E-state index contributed by atoms with van der Waals surface area (Å²) in [6, 6.07) is 0.801. The monoisotopic (exact) mass is 256 g/mol. The van der Waals surface area contributed by atoms with Gasteiger partial charge in [0.25, 0.3) is 0 Å². The van der Waals surface area contributed by atoms with E-state index in [0.717, 1.165) is 25.4 Å². The van der Waals surface area contributed by atoms with Gasteiger partial charge in [0.05, 0.1) is 6.04 Å². The van der Waals surface area contributed by atoms with Crippen LogP contribution in [-0.4, -0.2) is 41.3 Å². The first-order chi connectivity index (χ1) is 8.31. The van der Waals surface area contributed by atoms with E-state index < -0.39 is 0 Å². The zero-order valence-electron chi connectivity index (χ0n) is 10.5. The highest BCUT2D eigenvalue weighted by Gasteiger charge is 2.18. The molecule has 1 aromatic rings. The molecule has 2 heterocycles. The summed E-state index contributed by atoms with van der Waals surface area (Å²) >= 11 is 1.99. The lowest BCUT2D eigenvalue weighted by atomic mass is 10.3. The Labute approximate surface area is 106 Å². The number of hydrogen-bond donors (Lipinski definition) is 1. The maximum atomic E-state index is 5.72. The topological polar surface area (TPSA) is 54.2 Å². The molecule has 17 heavy (non-hydrogen) atoms. The summed E-state index contributed by atoms with van der Waals surface area (Å²) in [5.41, 5.74) is 0. The molecule has 1 unspecified atom stereocenters. The Morgan fingerprint density at radius 1 is 1.41 bits per heavy atom. The van der Waals surface area contributed by atoms with Gasteiger partial charge in [0.15, 0.2) is 0 Å². The summed E-state index contributed by atoms with van der Waals surface area (Å²) in [5, 5.41) is 11.5. The summed E-state index contributed by atoms with van der Waals surface area (Å²) in [7, 11) is 0. The van der Waals surface area contributed by atoms with Crippen molar-refractivity contribution in [3.8, 4) is 0 Å². The minimum absolute atomic E-state index is 0.127. The molecule has 0 bridgehead atoms. The van der Waals surface area contributed by atoms with Crippen LogP contribution in [0.3, 0.4) is 0 Å². The van der Waals surface area contributed by atoms with Crippen molar-refractivity contribution >= 4 is 17.8 Å². The van der Waals surface area contributed by atoms with E-state index in [-0.39, 0.29) is 6.04 Å². The highest BCUT2D eigenvalue weighted by molar-refractivity contribution is 7.99. The SMILES string of the molecule is CCNC(C)c1nnc(N2CCCSCC2)o1. The zero-order valence-corrected chi connectivity index (χ0v) is 11.3. The van der Waals surface area contributed by atoms with E-state index in [1.54, 1.807) is 0 Å². The van der Waals surface area contributed by atoms with Crippen molar-refractivity contribution in [2.45, 2.75) is 26.3 Å². The van der Waals surface area contributed by atoms with E-state index in [0.29, 0.717) is 11.9 Å². The fourth-order valence-electron chi connectivity index (χ4n) is 1.86. The molecular formula is C11H20N4OS. The van der Waals surface area contributed by atoms with Crippen LogP contribution in [0.15, 0.2) is 4.42 Å². The fourth-order valence-corrected chi connectivity index (χ4v) is 2.75. The molecule has 1 saturated heterocycles. The summed E-state index contributed by atoms with van der Waals surface area (Å²) < 4.78 is 5.72. The van der Waals surface area contributed by atoms with Crippen LogP contribution in [-0.2, 0) is 0 Å². The van der Waals surface area contributed by atoms with Crippen molar-refractivity contribution in [2.24, 2.45) is 0 Å². The van der Waals surface area contributed by atoms with E-state index in [9.17, 15) is 0 Å². The Morgan fingerprint density at radius 3 is 3.12 bits per heavy atom. The van der Waals surface area contributed by atoms with Gasteiger partial charge in [-0.3, -0.25) is 0 Å². The molecule has 5 nitrogen and oxygen atoms in total. The molecule has 0 radical (unpaired) electrons. The summed E-state index contributed by atoms with van der Waals surface area (Å²) in [4.78, 5) is 2.19. The van der Waals surface area contributed by atoms with Gasteiger partial charge in [-0.15, -0.1) is 5.10 Å². The Hall–Kier alpha value is -0.750. The number of thioether (sulfide) groups is 1. The highest BCUT2D eigenvalue weighted by Crippen LogP contribution is 2.20. The molecule has 0 aromatic carbocycles. The van der Waals surface area contributed by atoms with Crippen molar-refractivity contribution in [3.05, 3.63) is 5.89 Å². The average molecular weight is 256 g/mol. The second kappa shape index (κ2) is 6.26. The minimum atomic E-state index is 0.127. The molecule has 1 fully saturated rings. The number of rotatable bonds is 4. The molecular weight excluding hydrogens is 236 g/mol. The Kier molecular flexibility index (Phi) is 4.67. The van der Waals surface area contributed by atoms with Crippen LogP contribution < -0.4 is 10.2 Å². The molecule has 0 saturated carbocycles. The lowest BCUT2D eigenvalue weighted by Gasteiger charge is -2.16. The lowest BCUT2D eigenvalue weighted by Crippen LogP contribution is -2.25. The molecule has 2 rings (SSSR count). The third-order valence-electron chi connectivity index (χ3n) is 2.80. The highest BCUT2D eigenvalue weighted by atomic mass is 32.2. The third kappa shape index (κ3) is 3.35. The van der Waals surface area contributed by atoms with Crippen molar-refractivity contribution in [1.29, 1.82) is 0 Å². The van der Waals surface area contributed by atoms with Crippen LogP contribution >= 0.6 is 11.8 Å². The van der Waals surface area contributed by atoms with Crippen molar-refractivity contribution in [1.82, 2.24) is 15.5 Å². The van der Waals surface area contributed by atoms with Crippen LogP contribution in [0.5, 0.6) is 0 Å². The maximum Gasteiger partial charge on any atom is 0.318 e.